The number of H-pyrrole nitrogens is 2. The molecule has 0 fully saturated rings. The van der Waals surface area contributed by atoms with Crippen LogP contribution in [-0.4, -0.2) is 19.7 Å². The Morgan fingerprint density at radius 3 is 2.79 bits per heavy atom. The predicted octanol–water partition coefficient (Wildman–Crippen LogP) is 2.39. The van der Waals surface area contributed by atoms with Gasteiger partial charge in [0, 0.05) is 0 Å². The predicted molar refractivity (Wildman–Crippen MR) is 76.3 cm³/mol. The molecule has 6 heteroatoms. The standard InChI is InChI=1S/C13H12N4OS/c1-7-3-4-9(5-8(7)2)17-12(18)10-6-14-16-11(10)15-13(17)19/h3-6H,1-2H3,(H2,14,15,16,19). The number of nitrogens with zero attached hydrogens (tertiary/aromatic N) is 2. The highest BCUT2D eigenvalue weighted by molar-refractivity contribution is 7.71. The molecule has 3 rings (SSSR count). The van der Waals surface area contributed by atoms with Gasteiger partial charge in [0.05, 0.1) is 11.9 Å². The van der Waals surface area contributed by atoms with Crippen LogP contribution in [0.15, 0.2) is 29.2 Å². The van der Waals surface area contributed by atoms with Crippen LogP contribution < -0.4 is 5.56 Å². The Hall–Kier alpha value is -2.21. The number of aryl methyl sites for hydroxylation is 2. The van der Waals surface area contributed by atoms with E-state index in [1.54, 1.807) is 0 Å². The second-order valence-electron chi connectivity index (χ2n) is 4.50. The van der Waals surface area contributed by atoms with Crippen molar-refractivity contribution >= 4 is 23.3 Å². The summed E-state index contributed by atoms with van der Waals surface area (Å²) in [4.78, 5) is 15.4. The van der Waals surface area contributed by atoms with Crippen molar-refractivity contribution < 1.29 is 0 Å². The first-order valence-electron chi connectivity index (χ1n) is 5.84. The van der Waals surface area contributed by atoms with Crippen molar-refractivity contribution in [1.82, 2.24) is 19.7 Å². The Balaban J connectivity index is 2.38. The van der Waals surface area contributed by atoms with E-state index in [0.29, 0.717) is 15.8 Å². The van der Waals surface area contributed by atoms with Gasteiger partial charge in [0.25, 0.3) is 5.56 Å². The lowest BCUT2D eigenvalue weighted by molar-refractivity contribution is 0.932. The summed E-state index contributed by atoms with van der Waals surface area (Å²) in [6.45, 7) is 4.04. The number of hydrogen-bond donors (Lipinski definition) is 2. The molecule has 0 unspecified atom stereocenters. The highest BCUT2D eigenvalue weighted by Crippen LogP contribution is 2.14. The molecule has 2 aromatic heterocycles. The van der Waals surface area contributed by atoms with Crippen LogP contribution in [0.25, 0.3) is 16.7 Å². The fourth-order valence-electron chi connectivity index (χ4n) is 2.02. The largest absolute Gasteiger partial charge is 0.316 e. The van der Waals surface area contributed by atoms with E-state index in [0.717, 1.165) is 11.3 Å². The van der Waals surface area contributed by atoms with Crippen molar-refractivity contribution in [3.8, 4) is 5.69 Å². The third-order valence-corrected chi connectivity index (χ3v) is 3.54. The number of fused-ring (bicyclic) bond motifs is 1. The second kappa shape index (κ2) is 4.17. The summed E-state index contributed by atoms with van der Waals surface area (Å²) in [6, 6.07) is 5.82. The summed E-state index contributed by atoms with van der Waals surface area (Å²) in [5, 5.41) is 7.06. The van der Waals surface area contributed by atoms with Crippen molar-refractivity contribution in [2.75, 3.05) is 0 Å². The molecule has 0 amide bonds. The Kier molecular flexibility index (Phi) is 2.60. The normalized spacial score (nSPS) is 11.1. The highest BCUT2D eigenvalue weighted by atomic mass is 32.1. The molecular weight excluding hydrogens is 260 g/mol. The minimum Gasteiger partial charge on any atom is -0.316 e. The van der Waals surface area contributed by atoms with Crippen LogP contribution in [0.3, 0.4) is 0 Å². The number of aromatic nitrogens is 4. The molecule has 0 bridgehead atoms. The molecule has 5 nitrogen and oxygen atoms in total. The summed E-state index contributed by atoms with van der Waals surface area (Å²) < 4.78 is 1.84. The van der Waals surface area contributed by atoms with Gasteiger partial charge in [0.2, 0.25) is 0 Å². The molecule has 0 spiro atoms. The van der Waals surface area contributed by atoms with E-state index in [1.165, 1.54) is 16.3 Å². The van der Waals surface area contributed by atoms with Gasteiger partial charge < -0.3 is 4.98 Å². The van der Waals surface area contributed by atoms with Gasteiger partial charge in [-0.15, -0.1) is 0 Å². The first kappa shape index (κ1) is 11.9. The molecule has 2 heterocycles. The number of aromatic amines is 2. The summed E-state index contributed by atoms with van der Waals surface area (Å²) in [5.74, 6) is 0. The van der Waals surface area contributed by atoms with Gasteiger partial charge in [-0.1, -0.05) is 6.07 Å². The molecule has 0 aliphatic heterocycles. The topological polar surface area (TPSA) is 66.5 Å². The molecule has 0 aliphatic rings. The van der Waals surface area contributed by atoms with E-state index >= 15 is 0 Å². The van der Waals surface area contributed by atoms with Crippen molar-refractivity contribution in [2.24, 2.45) is 0 Å². The smallest absolute Gasteiger partial charge is 0.270 e. The fourth-order valence-corrected chi connectivity index (χ4v) is 2.31. The van der Waals surface area contributed by atoms with Crippen molar-refractivity contribution in [2.45, 2.75) is 13.8 Å². The monoisotopic (exact) mass is 272 g/mol. The highest BCUT2D eigenvalue weighted by Gasteiger charge is 2.09. The molecule has 0 aliphatic carbocycles. The SMILES string of the molecule is Cc1ccc(-n2c(=S)[nH]c3[nH]ncc3c2=O)cc1C. The molecule has 96 valence electrons. The van der Waals surface area contributed by atoms with Crippen molar-refractivity contribution in [3.05, 3.63) is 50.6 Å². The molecule has 0 atom stereocenters. The molecule has 2 N–H and O–H groups in total. The summed E-state index contributed by atoms with van der Waals surface area (Å²) >= 11 is 5.25. The molecule has 1 aromatic carbocycles. The van der Waals surface area contributed by atoms with Crippen LogP contribution in [0.2, 0.25) is 0 Å². The number of benzene rings is 1. The Bertz CT molecular complexity index is 888. The first-order chi connectivity index (χ1) is 9.08. The lowest BCUT2D eigenvalue weighted by atomic mass is 10.1. The number of rotatable bonds is 1. The van der Waals surface area contributed by atoms with Gasteiger partial charge in [-0.3, -0.25) is 14.5 Å². The fraction of sp³-hybridized carbons (Fsp3) is 0.154. The Labute approximate surface area is 113 Å². The summed E-state index contributed by atoms with van der Waals surface area (Å²) in [7, 11) is 0. The maximum absolute atomic E-state index is 12.4. The molecular formula is C13H12N4OS. The maximum Gasteiger partial charge on any atom is 0.270 e. The maximum atomic E-state index is 12.4. The van der Waals surface area contributed by atoms with Crippen LogP contribution in [0.5, 0.6) is 0 Å². The van der Waals surface area contributed by atoms with E-state index in [2.05, 4.69) is 15.2 Å². The van der Waals surface area contributed by atoms with Gasteiger partial charge in [0.15, 0.2) is 4.77 Å². The van der Waals surface area contributed by atoms with Crippen molar-refractivity contribution in [3.63, 3.8) is 0 Å². The molecule has 0 saturated heterocycles. The summed E-state index contributed by atoms with van der Waals surface area (Å²) in [5.41, 5.74) is 3.44. The van der Waals surface area contributed by atoms with Gasteiger partial charge in [-0.05, 0) is 49.3 Å². The van der Waals surface area contributed by atoms with Gasteiger partial charge in [0.1, 0.15) is 11.0 Å². The molecule has 0 radical (unpaired) electrons. The van der Waals surface area contributed by atoms with Gasteiger partial charge >= 0.3 is 0 Å². The second-order valence-corrected chi connectivity index (χ2v) is 4.88. The lowest BCUT2D eigenvalue weighted by Crippen LogP contribution is -2.20. The third-order valence-electron chi connectivity index (χ3n) is 3.26. The average molecular weight is 272 g/mol. The zero-order chi connectivity index (χ0) is 13.6. The molecule has 19 heavy (non-hydrogen) atoms. The number of nitrogens with one attached hydrogen (secondary N) is 2. The average Bonchev–Trinajstić information content (AvgIpc) is 2.82. The third kappa shape index (κ3) is 1.80. The Morgan fingerprint density at radius 1 is 1.26 bits per heavy atom. The van der Waals surface area contributed by atoms with Gasteiger partial charge in [-0.25, -0.2) is 0 Å². The van der Waals surface area contributed by atoms with Crippen molar-refractivity contribution in [1.29, 1.82) is 0 Å². The number of hydrogen-bond acceptors (Lipinski definition) is 3. The van der Waals surface area contributed by atoms with Crippen LogP contribution in [0, 0.1) is 18.6 Å². The van der Waals surface area contributed by atoms with Gasteiger partial charge in [-0.2, -0.15) is 5.10 Å². The van der Waals surface area contributed by atoms with E-state index in [4.69, 9.17) is 12.2 Å². The van der Waals surface area contributed by atoms with E-state index in [-0.39, 0.29) is 5.56 Å². The van der Waals surface area contributed by atoms with Crippen LogP contribution in [0.4, 0.5) is 0 Å². The van der Waals surface area contributed by atoms with E-state index < -0.39 is 0 Å². The zero-order valence-electron chi connectivity index (χ0n) is 10.5. The zero-order valence-corrected chi connectivity index (χ0v) is 11.3. The van der Waals surface area contributed by atoms with E-state index in [1.807, 2.05) is 32.0 Å². The minimum atomic E-state index is -0.171. The van der Waals surface area contributed by atoms with E-state index in [9.17, 15) is 4.79 Å². The molecule has 3 aromatic rings. The quantitative estimate of drug-likeness (QED) is 0.668. The van der Waals surface area contributed by atoms with Crippen LogP contribution >= 0.6 is 12.2 Å². The first-order valence-corrected chi connectivity index (χ1v) is 6.25. The summed E-state index contributed by atoms with van der Waals surface area (Å²) in [6.07, 6.45) is 1.50. The lowest BCUT2D eigenvalue weighted by Gasteiger charge is -2.08. The van der Waals surface area contributed by atoms with Crippen LogP contribution in [-0.2, 0) is 0 Å². The van der Waals surface area contributed by atoms with Crippen LogP contribution in [0.1, 0.15) is 11.1 Å². The Morgan fingerprint density at radius 2 is 2.05 bits per heavy atom. The molecule has 0 saturated carbocycles. The minimum absolute atomic E-state index is 0.171.